The zero-order valence-corrected chi connectivity index (χ0v) is 20.4. The molecule has 0 spiro atoms. The van der Waals surface area contributed by atoms with Gasteiger partial charge in [-0.1, -0.05) is 6.07 Å². The Morgan fingerprint density at radius 2 is 1.76 bits per heavy atom. The number of anilines is 2. The number of nitrogens with zero attached hydrogens (tertiary/aromatic N) is 2. The third-order valence-corrected chi connectivity index (χ3v) is 6.20. The van der Waals surface area contributed by atoms with Crippen LogP contribution in [0.3, 0.4) is 0 Å². The van der Waals surface area contributed by atoms with Crippen LogP contribution in [0.15, 0.2) is 57.9 Å². The SMILES string of the molecule is COc1cc(NS(=O)(=O)c2ccc(NC(=O)COc3ccc(C)cc3Br)cc2)nc(OC)n1. The van der Waals surface area contributed by atoms with Gasteiger partial charge in [-0.2, -0.15) is 9.97 Å². The molecular weight excluding hydrogens is 516 g/mol. The zero-order valence-electron chi connectivity index (χ0n) is 18.0. The number of nitrogens with one attached hydrogen (secondary N) is 2. The third-order valence-electron chi connectivity index (χ3n) is 4.21. The van der Waals surface area contributed by atoms with Gasteiger partial charge in [0.15, 0.2) is 12.4 Å². The normalized spacial score (nSPS) is 10.9. The van der Waals surface area contributed by atoms with Crippen molar-refractivity contribution in [1.82, 2.24) is 9.97 Å². The first-order valence-electron chi connectivity index (χ1n) is 9.49. The first kappa shape index (κ1) is 24.3. The minimum Gasteiger partial charge on any atom is -0.483 e. The summed E-state index contributed by atoms with van der Waals surface area (Å²) in [5.41, 5.74) is 1.47. The van der Waals surface area contributed by atoms with Crippen molar-refractivity contribution in [2.45, 2.75) is 11.8 Å². The van der Waals surface area contributed by atoms with Crippen molar-refractivity contribution in [2.75, 3.05) is 30.9 Å². The predicted octanol–water partition coefficient (Wildman–Crippen LogP) is 3.38. The number of sulfonamides is 1. The summed E-state index contributed by atoms with van der Waals surface area (Å²) in [7, 11) is -1.22. The summed E-state index contributed by atoms with van der Waals surface area (Å²) in [5, 5.41) is 2.65. The maximum atomic E-state index is 12.7. The second-order valence-corrected chi connectivity index (χ2v) is 9.22. The van der Waals surface area contributed by atoms with Gasteiger partial charge in [0.1, 0.15) is 5.75 Å². The summed E-state index contributed by atoms with van der Waals surface area (Å²) in [5.74, 6) is 0.269. The summed E-state index contributed by atoms with van der Waals surface area (Å²) in [6.07, 6.45) is 0. The van der Waals surface area contributed by atoms with E-state index >= 15 is 0 Å². The number of carbonyl (C=O) groups is 1. The Balaban J connectivity index is 1.63. The van der Waals surface area contributed by atoms with E-state index in [9.17, 15) is 13.2 Å². The number of carbonyl (C=O) groups excluding carboxylic acids is 1. The molecule has 0 aliphatic rings. The van der Waals surface area contributed by atoms with Crippen LogP contribution in [0.4, 0.5) is 11.5 Å². The molecule has 0 aliphatic heterocycles. The topological polar surface area (TPSA) is 129 Å². The summed E-state index contributed by atoms with van der Waals surface area (Å²) >= 11 is 3.39. The molecule has 174 valence electrons. The minimum atomic E-state index is -3.96. The molecule has 0 atom stereocenters. The number of aryl methyl sites for hydroxylation is 1. The van der Waals surface area contributed by atoms with Gasteiger partial charge in [0.25, 0.3) is 15.9 Å². The predicted molar refractivity (Wildman–Crippen MR) is 125 cm³/mol. The van der Waals surface area contributed by atoms with E-state index in [4.69, 9.17) is 14.2 Å². The van der Waals surface area contributed by atoms with Crippen LogP contribution in [0.1, 0.15) is 5.56 Å². The van der Waals surface area contributed by atoms with E-state index in [1.807, 2.05) is 19.1 Å². The van der Waals surface area contributed by atoms with Crippen LogP contribution in [-0.2, 0) is 14.8 Å². The quantitative estimate of drug-likeness (QED) is 0.425. The monoisotopic (exact) mass is 536 g/mol. The van der Waals surface area contributed by atoms with E-state index in [0.29, 0.717) is 11.4 Å². The molecule has 2 N–H and O–H groups in total. The van der Waals surface area contributed by atoms with Crippen molar-refractivity contribution in [3.8, 4) is 17.6 Å². The molecule has 0 saturated heterocycles. The Morgan fingerprint density at radius 3 is 2.39 bits per heavy atom. The number of halogens is 1. The second-order valence-electron chi connectivity index (χ2n) is 6.68. The number of methoxy groups -OCH3 is 2. The molecule has 0 bridgehead atoms. The van der Waals surface area contributed by atoms with Crippen molar-refractivity contribution >= 4 is 43.4 Å². The van der Waals surface area contributed by atoms with Crippen molar-refractivity contribution < 1.29 is 27.4 Å². The number of rotatable bonds is 9. The van der Waals surface area contributed by atoms with Crippen LogP contribution in [0.5, 0.6) is 17.6 Å². The molecule has 3 aromatic rings. The van der Waals surface area contributed by atoms with Gasteiger partial charge in [-0.15, -0.1) is 0 Å². The highest BCUT2D eigenvalue weighted by Gasteiger charge is 2.17. The molecule has 10 nitrogen and oxygen atoms in total. The van der Waals surface area contributed by atoms with Gasteiger partial charge < -0.3 is 19.5 Å². The third kappa shape index (κ3) is 6.56. The molecule has 2 aromatic carbocycles. The van der Waals surface area contributed by atoms with Gasteiger partial charge in [0.05, 0.1) is 23.6 Å². The number of benzene rings is 2. The lowest BCUT2D eigenvalue weighted by atomic mass is 10.2. The lowest BCUT2D eigenvalue weighted by Gasteiger charge is -2.11. The molecule has 0 fully saturated rings. The molecule has 3 rings (SSSR count). The van der Waals surface area contributed by atoms with Crippen molar-refractivity contribution in [3.63, 3.8) is 0 Å². The Hall–Kier alpha value is -3.38. The Bertz CT molecular complexity index is 1230. The van der Waals surface area contributed by atoms with E-state index in [0.717, 1.165) is 10.0 Å². The molecule has 12 heteroatoms. The first-order valence-corrected chi connectivity index (χ1v) is 11.8. The highest BCUT2D eigenvalue weighted by Crippen LogP contribution is 2.26. The number of hydrogen-bond acceptors (Lipinski definition) is 8. The first-order chi connectivity index (χ1) is 15.7. The largest absolute Gasteiger partial charge is 0.483 e. The smallest absolute Gasteiger partial charge is 0.321 e. The fourth-order valence-electron chi connectivity index (χ4n) is 2.63. The maximum Gasteiger partial charge on any atom is 0.321 e. The van der Waals surface area contributed by atoms with Crippen LogP contribution >= 0.6 is 15.9 Å². The van der Waals surface area contributed by atoms with E-state index in [-0.39, 0.29) is 29.2 Å². The lowest BCUT2D eigenvalue weighted by Crippen LogP contribution is -2.20. The molecule has 0 saturated carbocycles. The minimum absolute atomic E-state index is 0.0181. The van der Waals surface area contributed by atoms with Crippen LogP contribution < -0.4 is 24.2 Å². The van der Waals surface area contributed by atoms with E-state index < -0.39 is 15.9 Å². The fraction of sp³-hybridized carbons (Fsp3) is 0.190. The van der Waals surface area contributed by atoms with E-state index in [1.54, 1.807) is 6.07 Å². The highest BCUT2D eigenvalue weighted by molar-refractivity contribution is 9.10. The summed E-state index contributed by atoms with van der Waals surface area (Å²) in [4.78, 5) is 20.0. The molecule has 1 heterocycles. The molecular formula is C21H21BrN4O6S. The summed E-state index contributed by atoms with van der Waals surface area (Å²) in [6.45, 7) is 1.74. The van der Waals surface area contributed by atoms with Crippen molar-refractivity contribution in [1.29, 1.82) is 0 Å². The maximum absolute atomic E-state index is 12.7. The average molecular weight is 537 g/mol. The Labute approximate surface area is 199 Å². The lowest BCUT2D eigenvalue weighted by molar-refractivity contribution is -0.118. The number of ether oxygens (including phenoxy) is 3. The van der Waals surface area contributed by atoms with Gasteiger partial charge >= 0.3 is 6.01 Å². The average Bonchev–Trinajstić information content (AvgIpc) is 2.78. The molecule has 0 radical (unpaired) electrons. The van der Waals surface area contributed by atoms with Gasteiger partial charge in [-0.25, -0.2) is 8.42 Å². The highest BCUT2D eigenvalue weighted by atomic mass is 79.9. The summed E-state index contributed by atoms with van der Waals surface area (Å²) < 4.78 is 43.9. The van der Waals surface area contributed by atoms with Gasteiger partial charge in [0.2, 0.25) is 5.88 Å². The van der Waals surface area contributed by atoms with E-state index in [1.165, 1.54) is 44.6 Å². The van der Waals surface area contributed by atoms with Crippen molar-refractivity contribution in [2.24, 2.45) is 0 Å². The summed E-state index contributed by atoms with van der Waals surface area (Å²) in [6, 6.07) is 12.4. The number of amides is 1. The molecule has 33 heavy (non-hydrogen) atoms. The van der Waals surface area contributed by atoms with Crippen LogP contribution in [0, 0.1) is 6.92 Å². The standard InChI is InChI=1S/C21H21BrN4O6S/c1-13-4-9-17(16(22)10-13)32-12-19(27)23-14-5-7-15(8-6-14)33(28,29)26-18-11-20(30-2)25-21(24-18)31-3/h4-11H,12H2,1-3H3,(H,23,27)(H,24,25,26). The van der Waals surface area contributed by atoms with Crippen LogP contribution in [-0.4, -0.2) is 45.1 Å². The Morgan fingerprint density at radius 1 is 1.03 bits per heavy atom. The Kier molecular flexibility index (Phi) is 7.71. The number of hydrogen-bond donors (Lipinski definition) is 2. The molecule has 0 unspecified atom stereocenters. The zero-order chi connectivity index (χ0) is 24.0. The second kappa shape index (κ2) is 10.5. The van der Waals surface area contributed by atoms with Gasteiger partial charge in [-0.05, 0) is 64.8 Å². The van der Waals surface area contributed by atoms with Crippen LogP contribution in [0.25, 0.3) is 0 Å². The number of aromatic nitrogens is 2. The van der Waals surface area contributed by atoms with Gasteiger partial charge in [0, 0.05) is 11.8 Å². The van der Waals surface area contributed by atoms with Crippen LogP contribution in [0.2, 0.25) is 0 Å². The van der Waals surface area contributed by atoms with Gasteiger partial charge in [-0.3, -0.25) is 9.52 Å². The fourth-order valence-corrected chi connectivity index (χ4v) is 4.23. The molecule has 1 amide bonds. The van der Waals surface area contributed by atoms with Crippen molar-refractivity contribution in [3.05, 3.63) is 58.6 Å². The molecule has 0 aliphatic carbocycles. The van der Waals surface area contributed by atoms with E-state index in [2.05, 4.69) is 35.9 Å². The molecule has 1 aromatic heterocycles.